The van der Waals surface area contributed by atoms with E-state index in [1.165, 1.54) is 5.56 Å². The second-order valence-electron chi connectivity index (χ2n) is 7.64. The zero-order valence-electron chi connectivity index (χ0n) is 17.2. The molecule has 29 heavy (non-hydrogen) atoms. The van der Waals surface area contributed by atoms with Crippen LogP contribution in [-0.2, 0) is 11.2 Å². The van der Waals surface area contributed by atoms with E-state index in [0.29, 0.717) is 12.5 Å². The Kier molecular flexibility index (Phi) is 5.47. The molecule has 1 aliphatic carbocycles. The zero-order chi connectivity index (χ0) is 20.4. The van der Waals surface area contributed by atoms with E-state index < -0.39 is 0 Å². The monoisotopic (exact) mass is 392 g/mol. The molecule has 2 aromatic carbocycles. The van der Waals surface area contributed by atoms with E-state index in [4.69, 9.17) is 9.47 Å². The molecule has 1 fully saturated rings. The van der Waals surface area contributed by atoms with E-state index in [0.717, 1.165) is 52.8 Å². The summed E-state index contributed by atoms with van der Waals surface area (Å²) in [5, 5.41) is 4.29. The molecule has 3 aromatic rings. The first-order chi connectivity index (χ1) is 14.1. The van der Waals surface area contributed by atoms with Gasteiger partial charge in [0.2, 0.25) is 5.91 Å². The molecule has 0 spiro atoms. The highest BCUT2D eigenvalue weighted by Gasteiger charge is 2.28. The molecule has 5 nitrogen and oxygen atoms in total. The van der Waals surface area contributed by atoms with Crippen molar-refractivity contribution >= 4 is 16.8 Å². The molecular weight excluding hydrogens is 364 g/mol. The molecule has 2 N–H and O–H groups in total. The molecule has 0 bridgehead atoms. The van der Waals surface area contributed by atoms with Crippen LogP contribution >= 0.6 is 0 Å². The Morgan fingerprint density at radius 2 is 2.00 bits per heavy atom. The molecular formula is C24H28N2O3. The topological polar surface area (TPSA) is 63.4 Å². The summed E-state index contributed by atoms with van der Waals surface area (Å²) in [6.07, 6.45) is 5.53. The number of aryl methyl sites for hydroxylation is 1. The highest BCUT2D eigenvalue weighted by atomic mass is 16.5. The van der Waals surface area contributed by atoms with Gasteiger partial charge < -0.3 is 19.8 Å². The average Bonchev–Trinajstić information content (AvgIpc) is 3.46. The molecule has 0 saturated heterocycles. The Labute approximate surface area is 171 Å². The van der Waals surface area contributed by atoms with Gasteiger partial charge in [0, 0.05) is 47.1 Å². The molecule has 1 atom stereocenters. The van der Waals surface area contributed by atoms with Crippen LogP contribution in [0.2, 0.25) is 0 Å². The number of carbonyl (C=O) groups excluding carboxylic acids is 1. The van der Waals surface area contributed by atoms with E-state index in [1.54, 1.807) is 14.2 Å². The lowest BCUT2D eigenvalue weighted by atomic mass is 9.87. The smallest absolute Gasteiger partial charge is 0.221 e. The summed E-state index contributed by atoms with van der Waals surface area (Å²) in [7, 11) is 3.30. The molecule has 152 valence electrons. The van der Waals surface area contributed by atoms with Gasteiger partial charge in [-0.25, -0.2) is 0 Å². The number of nitrogens with one attached hydrogen (secondary N) is 2. The van der Waals surface area contributed by atoms with Gasteiger partial charge in [-0.3, -0.25) is 4.79 Å². The molecule has 4 rings (SSSR count). The van der Waals surface area contributed by atoms with Gasteiger partial charge in [0.05, 0.1) is 14.2 Å². The number of aromatic amines is 1. The summed E-state index contributed by atoms with van der Waals surface area (Å²) >= 11 is 0. The molecule has 0 radical (unpaired) electrons. The summed E-state index contributed by atoms with van der Waals surface area (Å²) in [5.74, 6) is 1.43. The number of ether oxygens (including phenoxy) is 2. The van der Waals surface area contributed by atoms with Gasteiger partial charge in [0.1, 0.15) is 11.5 Å². The first-order valence-corrected chi connectivity index (χ1v) is 10.2. The van der Waals surface area contributed by atoms with Crippen LogP contribution < -0.4 is 14.8 Å². The molecule has 1 saturated carbocycles. The number of aromatic nitrogens is 1. The maximum Gasteiger partial charge on any atom is 0.221 e. The molecule has 1 heterocycles. The van der Waals surface area contributed by atoms with Crippen LogP contribution in [0.25, 0.3) is 10.9 Å². The average molecular weight is 392 g/mol. The number of hydrogen-bond donors (Lipinski definition) is 2. The quantitative estimate of drug-likeness (QED) is 0.591. The molecule has 1 amide bonds. The molecule has 1 unspecified atom stereocenters. The molecule has 0 aliphatic heterocycles. The van der Waals surface area contributed by atoms with E-state index in [2.05, 4.69) is 35.4 Å². The second kappa shape index (κ2) is 8.19. The van der Waals surface area contributed by atoms with Crippen molar-refractivity contribution < 1.29 is 14.3 Å². The summed E-state index contributed by atoms with van der Waals surface area (Å²) in [5.41, 5.74) is 4.52. The van der Waals surface area contributed by atoms with Gasteiger partial charge in [-0.1, -0.05) is 31.2 Å². The maximum atomic E-state index is 12.8. The van der Waals surface area contributed by atoms with Crippen LogP contribution in [0.4, 0.5) is 0 Å². The number of benzene rings is 2. The molecule has 1 aromatic heterocycles. The number of H-pyrrole nitrogens is 1. The fraction of sp³-hybridized carbons (Fsp3) is 0.375. The standard InChI is InChI=1S/C24H28N2O3/c1-4-15-6-5-7-19-21(14-25-24(15)19)20(13-23(27)26-16-8-9-16)18-11-10-17(28-2)12-22(18)29-3/h5-7,10-12,14,16,20,25H,4,8-9,13H2,1-3H3,(H,26,27). The van der Waals surface area contributed by atoms with Crippen LogP contribution in [0.15, 0.2) is 42.6 Å². The fourth-order valence-corrected chi connectivity index (χ4v) is 4.02. The first kappa shape index (κ1) is 19.4. The van der Waals surface area contributed by atoms with E-state index in [9.17, 15) is 4.79 Å². The van der Waals surface area contributed by atoms with Crippen molar-refractivity contribution in [1.29, 1.82) is 0 Å². The normalized spacial score (nSPS) is 14.6. The predicted octanol–water partition coefficient (Wildman–Crippen LogP) is 4.55. The van der Waals surface area contributed by atoms with Crippen molar-refractivity contribution in [3.05, 3.63) is 59.3 Å². The Balaban J connectivity index is 1.80. The third kappa shape index (κ3) is 3.95. The van der Waals surface area contributed by atoms with Crippen LogP contribution in [0, 0.1) is 0 Å². The zero-order valence-corrected chi connectivity index (χ0v) is 17.2. The van der Waals surface area contributed by atoms with Gasteiger partial charge in [-0.15, -0.1) is 0 Å². The lowest BCUT2D eigenvalue weighted by molar-refractivity contribution is -0.121. The van der Waals surface area contributed by atoms with Gasteiger partial charge in [0.25, 0.3) is 0 Å². The number of fused-ring (bicyclic) bond motifs is 1. The van der Waals surface area contributed by atoms with Gasteiger partial charge >= 0.3 is 0 Å². The van der Waals surface area contributed by atoms with Crippen LogP contribution in [0.5, 0.6) is 11.5 Å². The van der Waals surface area contributed by atoms with Crippen molar-refractivity contribution in [2.75, 3.05) is 14.2 Å². The fourth-order valence-electron chi connectivity index (χ4n) is 4.02. The van der Waals surface area contributed by atoms with E-state index >= 15 is 0 Å². The van der Waals surface area contributed by atoms with Gasteiger partial charge in [-0.05, 0) is 36.5 Å². The molecule has 5 heteroatoms. The summed E-state index contributed by atoms with van der Waals surface area (Å²) in [4.78, 5) is 16.2. The second-order valence-corrected chi connectivity index (χ2v) is 7.64. The number of amides is 1. The SMILES string of the molecule is CCc1cccc2c(C(CC(=O)NC3CC3)c3ccc(OC)cc3OC)c[nH]c12. The summed E-state index contributed by atoms with van der Waals surface area (Å²) in [6.45, 7) is 2.16. The van der Waals surface area contributed by atoms with E-state index in [1.807, 2.05) is 24.4 Å². The third-order valence-corrected chi connectivity index (χ3v) is 5.74. The third-order valence-electron chi connectivity index (χ3n) is 5.74. The van der Waals surface area contributed by atoms with E-state index in [-0.39, 0.29) is 11.8 Å². The van der Waals surface area contributed by atoms with Gasteiger partial charge in [0.15, 0.2) is 0 Å². The first-order valence-electron chi connectivity index (χ1n) is 10.2. The Morgan fingerprint density at radius 3 is 2.69 bits per heavy atom. The maximum absolute atomic E-state index is 12.8. The van der Waals surface area contributed by atoms with Crippen LogP contribution in [-0.4, -0.2) is 31.2 Å². The minimum atomic E-state index is -0.115. The largest absolute Gasteiger partial charge is 0.497 e. The summed E-state index contributed by atoms with van der Waals surface area (Å²) in [6, 6.07) is 12.5. The highest BCUT2D eigenvalue weighted by molar-refractivity contribution is 5.88. The van der Waals surface area contributed by atoms with Crippen molar-refractivity contribution in [3.8, 4) is 11.5 Å². The number of hydrogen-bond acceptors (Lipinski definition) is 3. The molecule has 1 aliphatic rings. The van der Waals surface area contributed by atoms with Crippen molar-refractivity contribution in [2.24, 2.45) is 0 Å². The Morgan fingerprint density at radius 1 is 1.17 bits per heavy atom. The Bertz CT molecular complexity index is 1020. The van der Waals surface area contributed by atoms with Crippen molar-refractivity contribution in [3.63, 3.8) is 0 Å². The summed E-state index contributed by atoms with van der Waals surface area (Å²) < 4.78 is 11.0. The predicted molar refractivity (Wildman–Crippen MR) is 115 cm³/mol. The minimum Gasteiger partial charge on any atom is -0.497 e. The number of rotatable bonds is 8. The number of carbonyl (C=O) groups is 1. The highest BCUT2D eigenvalue weighted by Crippen LogP contribution is 2.40. The lowest BCUT2D eigenvalue weighted by Gasteiger charge is -2.20. The lowest BCUT2D eigenvalue weighted by Crippen LogP contribution is -2.27. The van der Waals surface area contributed by atoms with Crippen molar-refractivity contribution in [1.82, 2.24) is 10.3 Å². The van der Waals surface area contributed by atoms with Crippen LogP contribution in [0.1, 0.15) is 48.8 Å². The van der Waals surface area contributed by atoms with Crippen molar-refractivity contribution in [2.45, 2.75) is 44.6 Å². The minimum absolute atomic E-state index is 0.0800. The van der Waals surface area contributed by atoms with Crippen LogP contribution in [0.3, 0.4) is 0 Å². The Hall–Kier alpha value is -2.95. The van der Waals surface area contributed by atoms with Gasteiger partial charge in [-0.2, -0.15) is 0 Å². The number of para-hydroxylation sites is 1. The number of methoxy groups -OCH3 is 2.